The van der Waals surface area contributed by atoms with E-state index < -0.39 is 24.1 Å². The molecule has 182 valence electrons. The van der Waals surface area contributed by atoms with Gasteiger partial charge in [-0.15, -0.1) is 13.2 Å². The fourth-order valence-corrected chi connectivity index (χ4v) is 3.50. The molecule has 1 atom stereocenters. The lowest BCUT2D eigenvalue weighted by molar-refractivity contribution is -0.274. The van der Waals surface area contributed by atoms with Gasteiger partial charge in [0.05, 0.1) is 17.4 Å². The maximum absolute atomic E-state index is 12.7. The Balaban J connectivity index is 1.37. The molecule has 0 fully saturated rings. The van der Waals surface area contributed by atoms with Gasteiger partial charge in [-0.05, 0) is 48.4 Å². The highest BCUT2D eigenvalue weighted by Gasteiger charge is 2.31. The summed E-state index contributed by atoms with van der Waals surface area (Å²) in [5, 5.41) is 13.0. The number of imidazole rings is 1. The van der Waals surface area contributed by atoms with Gasteiger partial charge < -0.3 is 24.3 Å². The molecule has 0 saturated carbocycles. The van der Waals surface area contributed by atoms with Crippen molar-refractivity contribution in [2.24, 2.45) is 0 Å². The molecule has 10 heteroatoms. The fourth-order valence-electron chi connectivity index (χ4n) is 3.50. The molecule has 0 bridgehead atoms. The van der Waals surface area contributed by atoms with Gasteiger partial charge in [-0.1, -0.05) is 30.3 Å². The molecule has 7 nitrogen and oxygen atoms in total. The van der Waals surface area contributed by atoms with E-state index in [2.05, 4.69) is 15.0 Å². The van der Waals surface area contributed by atoms with Crippen LogP contribution in [0, 0.1) is 6.92 Å². The Morgan fingerprint density at radius 3 is 2.57 bits per heavy atom. The van der Waals surface area contributed by atoms with Crippen LogP contribution in [0.4, 0.5) is 13.2 Å². The average Bonchev–Trinajstić information content (AvgIpc) is 3.25. The largest absolute Gasteiger partial charge is 0.573 e. The molecule has 0 saturated heterocycles. The van der Waals surface area contributed by atoms with Gasteiger partial charge in [0, 0.05) is 18.9 Å². The van der Waals surface area contributed by atoms with Crippen LogP contribution in [-0.2, 0) is 6.61 Å². The summed E-state index contributed by atoms with van der Waals surface area (Å²) in [4.78, 5) is 17.3. The number of ether oxygens (including phenoxy) is 2. The maximum atomic E-state index is 12.7. The SMILES string of the molecule is Cc1cccn2cc(COc3ccccc3C(=O)NCC(O)c3ccc(OC(F)(F)F)cc3)nc12. The van der Waals surface area contributed by atoms with Gasteiger partial charge in [0.15, 0.2) is 0 Å². The van der Waals surface area contributed by atoms with Crippen LogP contribution in [0.2, 0.25) is 0 Å². The van der Waals surface area contributed by atoms with Crippen molar-refractivity contribution in [2.45, 2.75) is 26.0 Å². The predicted octanol–water partition coefficient (Wildman–Crippen LogP) is 4.58. The first-order chi connectivity index (χ1) is 16.7. The number of para-hydroxylation sites is 1. The minimum Gasteiger partial charge on any atom is -0.486 e. The minimum absolute atomic E-state index is 0.153. The third-order valence-corrected chi connectivity index (χ3v) is 5.19. The van der Waals surface area contributed by atoms with Gasteiger partial charge in [0.2, 0.25) is 0 Å². The summed E-state index contributed by atoms with van der Waals surface area (Å²) in [6.45, 7) is 1.96. The molecule has 2 N–H and O–H groups in total. The van der Waals surface area contributed by atoms with Crippen LogP contribution in [0.3, 0.4) is 0 Å². The summed E-state index contributed by atoms with van der Waals surface area (Å²) in [6, 6.07) is 15.3. The number of carbonyl (C=O) groups is 1. The van der Waals surface area contributed by atoms with Gasteiger partial charge in [0.25, 0.3) is 5.91 Å². The van der Waals surface area contributed by atoms with E-state index in [0.717, 1.165) is 23.3 Å². The highest BCUT2D eigenvalue weighted by atomic mass is 19.4. The number of aryl methyl sites for hydroxylation is 1. The number of hydrogen-bond donors (Lipinski definition) is 2. The predicted molar refractivity (Wildman–Crippen MR) is 121 cm³/mol. The summed E-state index contributed by atoms with van der Waals surface area (Å²) < 4.78 is 48.4. The molecule has 2 aromatic heterocycles. The number of aliphatic hydroxyl groups is 1. The average molecular weight is 485 g/mol. The fraction of sp³-hybridized carbons (Fsp3) is 0.200. The van der Waals surface area contributed by atoms with Crippen molar-refractivity contribution in [2.75, 3.05) is 6.54 Å². The lowest BCUT2D eigenvalue weighted by atomic mass is 10.1. The number of alkyl halides is 3. The summed E-state index contributed by atoms with van der Waals surface area (Å²) in [5.41, 5.74) is 3.15. The Morgan fingerprint density at radius 2 is 1.86 bits per heavy atom. The molecule has 4 rings (SSSR count). The number of halogens is 3. The molecule has 0 radical (unpaired) electrons. The van der Waals surface area contributed by atoms with Crippen LogP contribution in [0.15, 0.2) is 73.1 Å². The second kappa shape index (κ2) is 10.1. The van der Waals surface area contributed by atoms with Crippen LogP contribution < -0.4 is 14.8 Å². The zero-order chi connectivity index (χ0) is 25.0. The Hall–Kier alpha value is -4.05. The molecule has 4 aromatic rings. The van der Waals surface area contributed by atoms with Gasteiger partial charge in [-0.25, -0.2) is 4.98 Å². The quantitative estimate of drug-likeness (QED) is 0.382. The summed E-state index contributed by atoms with van der Waals surface area (Å²) >= 11 is 0. The smallest absolute Gasteiger partial charge is 0.486 e. The van der Waals surface area contributed by atoms with Crippen LogP contribution in [0.1, 0.15) is 33.3 Å². The second-order valence-corrected chi connectivity index (χ2v) is 7.78. The number of amides is 1. The standard InChI is InChI=1S/C25H22F3N3O4/c1-16-5-4-12-31-14-18(30-23(16)31)15-34-22-7-3-2-6-20(22)24(33)29-13-21(32)17-8-10-19(11-9-17)35-25(26,27)28/h2-12,14,21,32H,13,15H2,1H3,(H,29,33). The maximum Gasteiger partial charge on any atom is 0.573 e. The molecular formula is C25H22F3N3O4. The molecule has 0 aliphatic rings. The van der Waals surface area contributed by atoms with Gasteiger partial charge in [0.1, 0.15) is 23.8 Å². The van der Waals surface area contributed by atoms with Crippen LogP contribution in [0.5, 0.6) is 11.5 Å². The van der Waals surface area contributed by atoms with Gasteiger partial charge in [-0.2, -0.15) is 0 Å². The molecule has 1 unspecified atom stereocenters. The van der Waals surface area contributed by atoms with Crippen LogP contribution in [-0.4, -0.2) is 33.3 Å². The topological polar surface area (TPSA) is 85.1 Å². The van der Waals surface area contributed by atoms with Gasteiger partial charge in [-0.3, -0.25) is 4.79 Å². The second-order valence-electron chi connectivity index (χ2n) is 7.78. The van der Waals surface area contributed by atoms with Crippen molar-refractivity contribution in [1.29, 1.82) is 0 Å². The molecular weight excluding hydrogens is 463 g/mol. The number of aromatic nitrogens is 2. The molecule has 1 amide bonds. The third-order valence-electron chi connectivity index (χ3n) is 5.19. The highest BCUT2D eigenvalue weighted by Crippen LogP contribution is 2.25. The van der Waals surface area contributed by atoms with Crippen molar-refractivity contribution in [1.82, 2.24) is 14.7 Å². The Bertz CT molecular complexity index is 1320. The first kappa shape index (κ1) is 24.1. The lowest BCUT2D eigenvalue weighted by Crippen LogP contribution is -2.28. The van der Waals surface area contributed by atoms with Crippen molar-refractivity contribution in [3.63, 3.8) is 0 Å². The van der Waals surface area contributed by atoms with Crippen molar-refractivity contribution in [3.05, 3.63) is 95.4 Å². The van der Waals surface area contributed by atoms with Crippen molar-refractivity contribution >= 4 is 11.6 Å². The molecule has 0 aliphatic carbocycles. The first-order valence-electron chi connectivity index (χ1n) is 10.7. The van der Waals surface area contributed by atoms with Crippen molar-refractivity contribution < 1.29 is 32.5 Å². The van der Waals surface area contributed by atoms with E-state index in [1.54, 1.807) is 24.3 Å². The number of nitrogens with one attached hydrogen (secondary N) is 1. The first-order valence-corrected chi connectivity index (χ1v) is 10.7. The van der Waals surface area contributed by atoms with Crippen LogP contribution >= 0.6 is 0 Å². The normalized spacial score (nSPS) is 12.4. The molecule has 2 heterocycles. The number of rotatable bonds is 8. The molecule has 0 spiro atoms. The van der Waals surface area contributed by atoms with Crippen LogP contribution in [0.25, 0.3) is 5.65 Å². The number of hydrogen-bond acceptors (Lipinski definition) is 5. The summed E-state index contributed by atoms with van der Waals surface area (Å²) in [6.07, 6.45) is -2.18. The van der Waals surface area contributed by atoms with E-state index in [0.29, 0.717) is 17.0 Å². The number of fused-ring (bicyclic) bond motifs is 1. The Kier molecular flexibility index (Phi) is 6.92. The number of benzene rings is 2. The van der Waals surface area contributed by atoms with E-state index in [9.17, 15) is 23.1 Å². The monoisotopic (exact) mass is 485 g/mol. The lowest BCUT2D eigenvalue weighted by Gasteiger charge is -2.15. The number of carbonyl (C=O) groups excluding carboxylic acids is 1. The number of pyridine rings is 1. The minimum atomic E-state index is -4.80. The zero-order valence-electron chi connectivity index (χ0n) is 18.6. The van der Waals surface area contributed by atoms with E-state index in [-0.39, 0.29) is 18.7 Å². The summed E-state index contributed by atoms with van der Waals surface area (Å²) in [5.74, 6) is -0.520. The number of nitrogens with zero attached hydrogens (tertiary/aromatic N) is 2. The van der Waals surface area contributed by atoms with Gasteiger partial charge >= 0.3 is 6.36 Å². The third kappa shape index (κ3) is 6.10. The molecule has 0 aliphatic heterocycles. The van der Waals surface area contributed by atoms with E-state index in [1.807, 2.05) is 35.9 Å². The van der Waals surface area contributed by atoms with E-state index in [4.69, 9.17) is 4.74 Å². The Morgan fingerprint density at radius 1 is 1.11 bits per heavy atom. The van der Waals surface area contributed by atoms with E-state index >= 15 is 0 Å². The highest BCUT2D eigenvalue weighted by molar-refractivity contribution is 5.96. The molecule has 2 aromatic carbocycles. The zero-order valence-corrected chi connectivity index (χ0v) is 18.6. The number of aliphatic hydroxyl groups excluding tert-OH is 1. The van der Waals surface area contributed by atoms with E-state index in [1.165, 1.54) is 12.1 Å². The van der Waals surface area contributed by atoms with Crippen molar-refractivity contribution in [3.8, 4) is 11.5 Å². The Labute approximate surface area is 198 Å². The molecule has 35 heavy (non-hydrogen) atoms. The summed E-state index contributed by atoms with van der Waals surface area (Å²) in [7, 11) is 0.